The van der Waals surface area contributed by atoms with Crippen molar-refractivity contribution in [3.05, 3.63) is 118 Å². The monoisotopic (exact) mass is 509 g/mol. The quantitative estimate of drug-likeness (QED) is 0.264. The van der Waals surface area contributed by atoms with Crippen molar-refractivity contribution < 1.29 is 19.1 Å². The lowest BCUT2D eigenvalue weighted by atomic mass is 9.94. The van der Waals surface area contributed by atoms with Crippen LogP contribution in [0.1, 0.15) is 27.0 Å². The van der Waals surface area contributed by atoms with E-state index >= 15 is 0 Å². The van der Waals surface area contributed by atoms with Crippen molar-refractivity contribution in [2.75, 3.05) is 4.90 Å². The molecule has 8 heteroatoms. The number of aryl methyl sites for hydroxylation is 1. The Morgan fingerprint density at radius 1 is 1.03 bits per heavy atom. The largest absolute Gasteiger partial charge is 0.503 e. The number of benzene rings is 3. The molecule has 182 valence electrons. The molecule has 0 radical (unpaired) electrons. The van der Waals surface area contributed by atoms with Crippen molar-refractivity contribution >= 4 is 39.6 Å². The van der Waals surface area contributed by atoms with Gasteiger partial charge in [0.2, 0.25) is 5.78 Å². The number of hydrogen-bond donors (Lipinski definition) is 2. The lowest BCUT2D eigenvalue weighted by Gasteiger charge is -2.26. The third-order valence-electron chi connectivity index (χ3n) is 6.50. The predicted octanol–water partition coefficient (Wildman–Crippen LogP) is 6.52. The number of ketones is 1. The number of carbonyl (C=O) groups is 2. The van der Waals surface area contributed by atoms with Gasteiger partial charge in [-0.1, -0.05) is 48.5 Å². The lowest BCUT2D eigenvalue weighted by Crippen LogP contribution is -2.31. The minimum absolute atomic E-state index is 0.0366. The van der Waals surface area contributed by atoms with Gasteiger partial charge in [-0.2, -0.15) is 0 Å². The topological polar surface area (TPSA) is 86.3 Å². The van der Waals surface area contributed by atoms with Gasteiger partial charge in [0.1, 0.15) is 10.8 Å². The molecule has 1 atom stereocenters. The third kappa shape index (κ3) is 3.73. The second-order valence-corrected chi connectivity index (χ2v) is 9.73. The standard InChI is InChI=1S/C29H20FN3O3S/c1-16-27(37-28(32-16)17-7-3-2-4-8-17)25(34)23-24(21-15-31-22-10-6-5-9-20(21)22)33(29(36)26(23)35)19-13-11-18(30)12-14-19/h2-15,24,31,35H,1H3. The van der Waals surface area contributed by atoms with E-state index in [4.69, 9.17) is 0 Å². The summed E-state index contributed by atoms with van der Waals surface area (Å²) in [6.45, 7) is 1.74. The molecular formula is C29H20FN3O3S. The van der Waals surface area contributed by atoms with Crippen LogP contribution >= 0.6 is 11.3 Å². The number of para-hydroxylation sites is 1. The van der Waals surface area contributed by atoms with Crippen LogP contribution in [0.3, 0.4) is 0 Å². The molecule has 0 saturated heterocycles. The summed E-state index contributed by atoms with van der Waals surface area (Å²) in [5, 5.41) is 12.6. The van der Waals surface area contributed by atoms with Crippen molar-refractivity contribution in [2.24, 2.45) is 0 Å². The van der Waals surface area contributed by atoms with Gasteiger partial charge in [0.05, 0.1) is 22.2 Å². The van der Waals surface area contributed by atoms with Gasteiger partial charge in [0.25, 0.3) is 5.91 Å². The molecule has 0 aliphatic carbocycles. The number of hydrogen-bond acceptors (Lipinski definition) is 5. The first-order valence-corrected chi connectivity index (χ1v) is 12.4. The number of thiazole rings is 1. The summed E-state index contributed by atoms with van der Waals surface area (Å²) in [4.78, 5) is 36.9. The van der Waals surface area contributed by atoms with Crippen LogP contribution in [0, 0.1) is 12.7 Å². The summed E-state index contributed by atoms with van der Waals surface area (Å²) >= 11 is 1.22. The van der Waals surface area contributed by atoms with Crippen molar-refractivity contribution in [1.29, 1.82) is 0 Å². The van der Waals surface area contributed by atoms with E-state index in [0.717, 1.165) is 16.5 Å². The molecule has 6 rings (SSSR count). The maximum absolute atomic E-state index is 14.0. The van der Waals surface area contributed by atoms with Gasteiger partial charge in [-0.25, -0.2) is 9.37 Å². The molecule has 2 N–H and O–H groups in total. The summed E-state index contributed by atoms with van der Waals surface area (Å²) in [6.07, 6.45) is 1.74. The minimum Gasteiger partial charge on any atom is -0.503 e. The molecule has 1 unspecified atom stereocenters. The number of Topliss-reactive ketones (excluding diaryl/α,β-unsaturated/α-hetero) is 1. The number of carbonyl (C=O) groups excluding carboxylic acids is 2. The van der Waals surface area contributed by atoms with Gasteiger partial charge in [-0.05, 0) is 37.3 Å². The molecule has 0 spiro atoms. The van der Waals surface area contributed by atoms with E-state index < -0.39 is 29.3 Å². The molecule has 3 aromatic carbocycles. The first-order valence-electron chi connectivity index (χ1n) is 11.6. The van der Waals surface area contributed by atoms with Gasteiger partial charge in [-0.15, -0.1) is 11.3 Å². The van der Waals surface area contributed by atoms with Crippen LogP contribution in [0.5, 0.6) is 0 Å². The summed E-state index contributed by atoms with van der Waals surface area (Å²) < 4.78 is 13.7. The Morgan fingerprint density at radius 2 is 1.73 bits per heavy atom. The number of nitrogens with zero attached hydrogens (tertiary/aromatic N) is 2. The first-order chi connectivity index (χ1) is 17.9. The maximum Gasteiger partial charge on any atom is 0.294 e. The SMILES string of the molecule is Cc1nc(-c2ccccc2)sc1C(=O)C1=C(O)C(=O)N(c2ccc(F)cc2)C1c1c[nH]c2ccccc12. The molecular weight excluding hydrogens is 489 g/mol. The zero-order valence-electron chi connectivity index (χ0n) is 19.6. The molecule has 3 heterocycles. The van der Waals surface area contributed by atoms with Crippen LogP contribution in [0.4, 0.5) is 10.1 Å². The van der Waals surface area contributed by atoms with Crippen molar-refractivity contribution in [2.45, 2.75) is 13.0 Å². The number of rotatable bonds is 5. The van der Waals surface area contributed by atoms with E-state index in [-0.39, 0.29) is 5.57 Å². The van der Waals surface area contributed by atoms with Gasteiger partial charge in [0.15, 0.2) is 5.76 Å². The Bertz CT molecular complexity index is 1700. The molecule has 0 fully saturated rings. The summed E-state index contributed by atoms with van der Waals surface area (Å²) in [5.41, 5.74) is 3.18. The molecule has 5 aromatic rings. The van der Waals surface area contributed by atoms with E-state index in [0.29, 0.717) is 26.8 Å². The number of H-pyrrole nitrogens is 1. The smallest absolute Gasteiger partial charge is 0.294 e. The number of anilines is 1. The van der Waals surface area contributed by atoms with Gasteiger partial charge in [0, 0.05) is 33.9 Å². The normalized spacial score (nSPS) is 15.7. The average molecular weight is 510 g/mol. The molecule has 0 saturated carbocycles. The molecule has 37 heavy (non-hydrogen) atoms. The van der Waals surface area contributed by atoms with Crippen LogP contribution in [-0.2, 0) is 4.79 Å². The second-order valence-electron chi connectivity index (χ2n) is 8.73. The highest BCUT2D eigenvalue weighted by Gasteiger charge is 2.46. The third-order valence-corrected chi connectivity index (χ3v) is 7.70. The second kappa shape index (κ2) is 8.83. The van der Waals surface area contributed by atoms with Crippen LogP contribution in [0.25, 0.3) is 21.5 Å². The number of halogens is 1. The van der Waals surface area contributed by atoms with Crippen molar-refractivity contribution in [3.63, 3.8) is 0 Å². The van der Waals surface area contributed by atoms with Gasteiger partial charge in [-0.3, -0.25) is 14.5 Å². The van der Waals surface area contributed by atoms with E-state index in [1.54, 1.807) is 13.1 Å². The van der Waals surface area contributed by atoms with Gasteiger partial charge < -0.3 is 10.1 Å². The predicted molar refractivity (Wildman–Crippen MR) is 141 cm³/mol. The number of aromatic nitrogens is 2. The molecule has 1 aliphatic rings. The summed E-state index contributed by atoms with van der Waals surface area (Å²) in [6, 6.07) is 21.5. The number of amides is 1. The van der Waals surface area contributed by atoms with Crippen LogP contribution in [0.2, 0.25) is 0 Å². The first kappa shape index (κ1) is 22.9. The Labute approximate surface area is 215 Å². The Morgan fingerprint density at radius 3 is 2.49 bits per heavy atom. The number of fused-ring (bicyclic) bond motifs is 1. The van der Waals surface area contributed by atoms with E-state index in [9.17, 15) is 19.1 Å². The van der Waals surface area contributed by atoms with Crippen LogP contribution < -0.4 is 4.90 Å². The molecule has 0 bridgehead atoms. The van der Waals surface area contributed by atoms with Crippen molar-refractivity contribution in [3.8, 4) is 10.6 Å². The van der Waals surface area contributed by atoms with E-state index in [1.165, 1.54) is 40.5 Å². The molecule has 1 aliphatic heterocycles. The summed E-state index contributed by atoms with van der Waals surface area (Å²) in [5.74, 6) is -2.28. The number of aromatic amines is 1. The van der Waals surface area contributed by atoms with Gasteiger partial charge >= 0.3 is 0 Å². The lowest BCUT2D eigenvalue weighted by molar-refractivity contribution is -0.117. The maximum atomic E-state index is 14.0. The fraction of sp³-hybridized carbons (Fsp3) is 0.0690. The molecule has 2 aromatic heterocycles. The highest BCUT2D eigenvalue weighted by Crippen LogP contribution is 2.45. The van der Waals surface area contributed by atoms with Crippen molar-refractivity contribution in [1.82, 2.24) is 9.97 Å². The van der Waals surface area contributed by atoms with E-state index in [2.05, 4.69) is 9.97 Å². The number of nitrogens with one attached hydrogen (secondary N) is 1. The Kier molecular flexibility index (Phi) is 5.46. The summed E-state index contributed by atoms with van der Waals surface area (Å²) in [7, 11) is 0. The molecule has 6 nitrogen and oxygen atoms in total. The fourth-order valence-corrected chi connectivity index (χ4v) is 5.78. The Balaban J connectivity index is 1.52. The zero-order valence-corrected chi connectivity index (χ0v) is 20.4. The van der Waals surface area contributed by atoms with E-state index in [1.807, 2.05) is 54.6 Å². The number of aliphatic hydroxyl groups excluding tert-OH is 1. The van der Waals surface area contributed by atoms with Crippen LogP contribution in [0.15, 0.2) is 96.4 Å². The minimum atomic E-state index is -0.928. The fourth-order valence-electron chi connectivity index (χ4n) is 4.75. The zero-order chi connectivity index (χ0) is 25.7. The highest BCUT2D eigenvalue weighted by molar-refractivity contribution is 7.17. The average Bonchev–Trinajstić information content (AvgIpc) is 3.59. The van der Waals surface area contributed by atoms with Crippen LogP contribution in [-0.4, -0.2) is 26.8 Å². The molecule has 1 amide bonds. The highest BCUT2D eigenvalue weighted by atomic mass is 32.1. The Hall–Kier alpha value is -4.56. The number of aliphatic hydroxyl groups is 1.